The van der Waals surface area contributed by atoms with Gasteiger partial charge >= 0.3 is 0 Å². The lowest BCUT2D eigenvalue weighted by molar-refractivity contribution is 0.241. The van der Waals surface area contributed by atoms with Crippen molar-refractivity contribution in [2.45, 2.75) is 51.2 Å². The molecule has 0 radical (unpaired) electrons. The van der Waals surface area contributed by atoms with Gasteiger partial charge in [-0.25, -0.2) is 0 Å². The van der Waals surface area contributed by atoms with Crippen LogP contribution in [0.25, 0.3) is 0 Å². The smallest absolute Gasteiger partial charge is 0.0702 e. The molecule has 0 spiro atoms. The Labute approximate surface area is 123 Å². The molecule has 1 heterocycles. The van der Waals surface area contributed by atoms with Gasteiger partial charge in [-0.3, -0.25) is 0 Å². The van der Waals surface area contributed by atoms with Crippen molar-refractivity contribution in [3.63, 3.8) is 0 Å². The zero-order valence-corrected chi connectivity index (χ0v) is 12.9. The predicted molar refractivity (Wildman–Crippen MR) is 82.4 cm³/mol. The zero-order chi connectivity index (χ0) is 13.2. The number of fused-ring (bicyclic) bond motifs is 1. The monoisotopic (exact) mass is 323 g/mol. The number of anilines is 1. The van der Waals surface area contributed by atoms with Gasteiger partial charge in [-0.2, -0.15) is 0 Å². The van der Waals surface area contributed by atoms with E-state index in [2.05, 4.69) is 39.0 Å². The fourth-order valence-electron chi connectivity index (χ4n) is 3.88. The van der Waals surface area contributed by atoms with Crippen LogP contribution in [0.5, 0.6) is 0 Å². The van der Waals surface area contributed by atoms with E-state index in [0.29, 0.717) is 6.04 Å². The fraction of sp³-hybridized carbons (Fsp3) is 0.625. The van der Waals surface area contributed by atoms with Crippen LogP contribution in [0.15, 0.2) is 22.7 Å². The molecule has 1 aliphatic heterocycles. The standard InChI is InChI=1S/C16H22BrNO/c17-14-7-8-16(13(10-14)11-19)18-9-3-5-12-4-1-2-6-15(12)18/h7-8,10,12,15,19H,1-6,9,11H2. The van der Waals surface area contributed by atoms with E-state index < -0.39 is 0 Å². The van der Waals surface area contributed by atoms with Gasteiger partial charge < -0.3 is 10.0 Å². The van der Waals surface area contributed by atoms with Crippen LogP contribution >= 0.6 is 15.9 Å². The minimum absolute atomic E-state index is 0.128. The summed E-state index contributed by atoms with van der Waals surface area (Å²) >= 11 is 3.50. The first-order valence-corrected chi connectivity index (χ1v) is 8.25. The maximum atomic E-state index is 9.62. The highest BCUT2D eigenvalue weighted by molar-refractivity contribution is 9.10. The van der Waals surface area contributed by atoms with Crippen LogP contribution in [0.4, 0.5) is 5.69 Å². The molecule has 1 aliphatic carbocycles. The number of piperidine rings is 1. The van der Waals surface area contributed by atoms with Crippen molar-refractivity contribution in [3.05, 3.63) is 28.2 Å². The van der Waals surface area contributed by atoms with Gasteiger partial charge in [-0.05, 0) is 49.8 Å². The van der Waals surface area contributed by atoms with E-state index in [1.807, 2.05) is 0 Å². The molecule has 1 aromatic rings. The average Bonchev–Trinajstić information content (AvgIpc) is 2.46. The number of hydrogen-bond donors (Lipinski definition) is 1. The molecule has 0 aromatic heterocycles. The number of nitrogens with zero attached hydrogens (tertiary/aromatic N) is 1. The summed E-state index contributed by atoms with van der Waals surface area (Å²) in [6.45, 7) is 1.28. The number of halogens is 1. The molecule has 1 saturated heterocycles. The van der Waals surface area contributed by atoms with Crippen molar-refractivity contribution in [2.75, 3.05) is 11.4 Å². The first-order chi connectivity index (χ1) is 9.29. The van der Waals surface area contributed by atoms with Gasteiger partial charge in [0.05, 0.1) is 6.61 Å². The summed E-state index contributed by atoms with van der Waals surface area (Å²) in [7, 11) is 0. The second-order valence-corrected chi connectivity index (χ2v) is 6.79. The van der Waals surface area contributed by atoms with Gasteiger partial charge in [0.15, 0.2) is 0 Å². The van der Waals surface area contributed by atoms with Gasteiger partial charge in [-0.15, -0.1) is 0 Å². The molecule has 3 rings (SSSR count). The highest BCUT2D eigenvalue weighted by Crippen LogP contribution is 2.39. The summed E-state index contributed by atoms with van der Waals surface area (Å²) in [5.41, 5.74) is 2.31. The lowest BCUT2D eigenvalue weighted by atomic mass is 9.78. The predicted octanol–water partition coefficient (Wildman–Crippen LogP) is 4.10. The summed E-state index contributed by atoms with van der Waals surface area (Å²) < 4.78 is 1.05. The minimum atomic E-state index is 0.128. The third-order valence-electron chi connectivity index (χ3n) is 4.76. The first kappa shape index (κ1) is 13.4. The van der Waals surface area contributed by atoms with Crippen LogP contribution in [-0.2, 0) is 6.61 Å². The highest BCUT2D eigenvalue weighted by Gasteiger charge is 2.33. The molecule has 2 aliphatic rings. The quantitative estimate of drug-likeness (QED) is 0.885. The normalized spacial score (nSPS) is 27.2. The van der Waals surface area contributed by atoms with Crippen LogP contribution in [-0.4, -0.2) is 17.7 Å². The Bertz CT molecular complexity index is 446. The average molecular weight is 324 g/mol. The molecule has 3 heteroatoms. The number of rotatable bonds is 2. The molecule has 2 unspecified atom stereocenters. The SMILES string of the molecule is OCc1cc(Br)ccc1N1CCCC2CCCCC21. The Kier molecular flexibility index (Phi) is 4.13. The Morgan fingerprint density at radius 3 is 2.79 bits per heavy atom. The van der Waals surface area contributed by atoms with E-state index in [1.54, 1.807) is 0 Å². The molecule has 104 valence electrons. The minimum Gasteiger partial charge on any atom is -0.392 e. The summed E-state index contributed by atoms with van der Waals surface area (Å²) in [5, 5.41) is 9.62. The molecule has 2 fully saturated rings. The zero-order valence-electron chi connectivity index (χ0n) is 11.3. The summed E-state index contributed by atoms with van der Waals surface area (Å²) in [6.07, 6.45) is 8.18. The van der Waals surface area contributed by atoms with Crippen molar-refractivity contribution in [2.24, 2.45) is 5.92 Å². The number of benzene rings is 1. The molecule has 1 aromatic carbocycles. The van der Waals surface area contributed by atoms with Crippen molar-refractivity contribution < 1.29 is 5.11 Å². The second kappa shape index (κ2) is 5.84. The third kappa shape index (κ3) is 2.68. The van der Waals surface area contributed by atoms with E-state index >= 15 is 0 Å². The van der Waals surface area contributed by atoms with E-state index in [1.165, 1.54) is 44.2 Å². The van der Waals surface area contributed by atoms with Crippen LogP contribution in [0.2, 0.25) is 0 Å². The Balaban J connectivity index is 1.91. The van der Waals surface area contributed by atoms with Crippen LogP contribution in [0.3, 0.4) is 0 Å². The summed E-state index contributed by atoms with van der Waals surface area (Å²) in [4.78, 5) is 2.57. The Morgan fingerprint density at radius 2 is 1.95 bits per heavy atom. The van der Waals surface area contributed by atoms with E-state index in [0.717, 1.165) is 22.5 Å². The molecular weight excluding hydrogens is 302 g/mol. The molecule has 0 amide bonds. The van der Waals surface area contributed by atoms with E-state index in [9.17, 15) is 5.11 Å². The van der Waals surface area contributed by atoms with Crippen LogP contribution < -0.4 is 4.90 Å². The maximum Gasteiger partial charge on any atom is 0.0702 e. The molecule has 1 N–H and O–H groups in total. The molecule has 1 saturated carbocycles. The number of hydrogen-bond acceptors (Lipinski definition) is 2. The largest absolute Gasteiger partial charge is 0.392 e. The van der Waals surface area contributed by atoms with Gasteiger partial charge in [0, 0.05) is 28.3 Å². The topological polar surface area (TPSA) is 23.5 Å². The third-order valence-corrected chi connectivity index (χ3v) is 5.26. The number of aliphatic hydroxyl groups excluding tert-OH is 1. The van der Waals surface area contributed by atoms with Crippen LogP contribution in [0, 0.1) is 5.92 Å². The van der Waals surface area contributed by atoms with Gasteiger partial charge in [0.2, 0.25) is 0 Å². The first-order valence-electron chi connectivity index (χ1n) is 7.45. The van der Waals surface area contributed by atoms with E-state index in [-0.39, 0.29) is 6.61 Å². The molecule has 2 atom stereocenters. The van der Waals surface area contributed by atoms with Gasteiger partial charge in [-0.1, -0.05) is 28.8 Å². The van der Waals surface area contributed by atoms with Crippen molar-refractivity contribution in [3.8, 4) is 0 Å². The second-order valence-electron chi connectivity index (χ2n) is 5.88. The molecule has 2 nitrogen and oxygen atoms in total. The summed E-state index contributed by atoms with van der Waals surface area (Å²) in [6, 6.07) is 7.03. The summed E-state index contributed by atoms with van der Waals surface area (Å²) in [5.74, 6) is 0.873. The van der Waals surface area contributed by atoms with Gasteiger partial charge in [0.25, 0.3) is 0 Å². The molecule has 19 heavy (non-hydrogen) atoms. The fourth-order valence-corrected chi connectivity index (χ4v) is 4.29. The van der Waals surface area contributed by atoms with Crippen molar-refractivity contribution >= 4 is 21.6 Å². The lowest BCUT2D eigenvalue weighted by Crippen LogP contribution is -2.47. The van der Waals surface area contributed by atoms with E-state index in [4.69, 9.17) is 0 Å². The Hall–Kier alpha value is -0.540. The Morgan fingerprint density at radius 1 is 1.16 bits per heavy atom. The molecular formula is C16H22BrNO. The van der Waals surface area contributed by atoms with Crippen molar-refractivity contribution in [1.82, 2.24) is 0 Å². The van der Waals surface area contributed by atoms with Gasteiger partial charge in [0.1, 0.15) is 0 Å². The maximum absolute atomic E-state index is 9.62. The number of aliphatic hydroxyl groups is 1. The lowest BCUT2D eigenvalue weighted by Gasteiger charge is -2.46. The molecule has 0 bridgehead atoms. The van der Waals surface area contributed by atoms with Crippen LogP contribution in [0.1, 0.15) is 44.1 Å². The van der Waals surface area contributed by atoms with Crippen molar-refractivity contribution in [1.29, 1.82) is 0 Å². The highest BCUT2D eigenvalue weighted by atomic mass is 79.9.